The Morgan fingerprint density at radius 3 is 2.59 bits per heavy atom. The van der Waals surface area contributed by atoms with Crippen LogP contribution in [0.5, 0.6) is 5.75 Å². The van der Waals surface area contributed by atoms with Gasteiger partial charge in [-0.3, -0.25) is 0 Å². The molecule has 2 aromatic carbocycles. The molecule has 0 saturated carbocycles. The minimum atomic E-state index is -3.72. The minimum absolute atomic E-state index is 0.361. The van der Waals surface area contributed by atoms with Crippen molar-refractivity contribution >= 4 is 52.2 Å². The van der Waals surface area contributed by atoms with Gasteiger partial charge in [0.15, 0.2) is 0 Å². The zero-order valence-corrected chi connectivity index (χ0v) is 14.7. The van der Waals surface area contributed by atoms with Crippen LogP contribution in [-0.2, 0) is 9.09 Å². The molecule has 0 fully saturated rings. The molecule has 3 nitrogen and oxygen atoms in total. The molecule has 0 aliphatic carbocycles. The first kappa shape index (κ1) is 15.8. The van der Waals surface area contributed by atoms with Crippen LogP contribution in [0.3, 0.4) is 0 Å². The van der Waals surface area contributed by atoms with Gasteiger partial charge in [-0.25, -0.2) is 4.57 Å². The Labute approximate surface area is 142 Å². The van der Waals surface area contributed by atoms with Gasteiger partial charge in [0.25, 0.3) is 0 Å². The van der Waals surface area contributed by atoms with Gasteiger partial charge in [-0.15, -0.1) is 0 Å². The predicted molar refractivity (Wildman–Crippen MR) is 91.8 cm³/mol. The lowest BCUT2D eigenvalue weighted by Crippen LogP contribution is -1.92. The summed E-state index contributed by atoms with van der Waals surface area (Å²) in [6, 6.07) is 13.4. The van der Waals surface area contributed by atoms with E-state index in [-0.39, 0.29) is 0 Å². The topological polar surface area (TPSA) is 35.5 Å². The lowest BCUT2D eigenvalue weighted by Gasteiger charge is -2.14. The summed E-state index contributed by atoms with van der Waals surface area (Å²) >= 11 is 12.8. The fourth-order valence-electron chi connectivity index (χ4n) is 2.19. The van der Waals surface area contributed by atoms with Gasteiger partial charge >= 0.3 is 6.07 Å². The van der Waals surface area contributed by atoms with Gasteiger partial charge in [0.2, 0.25) is 0 Å². The number of halogens is 2. The van der Waals surface area contributed by atoms with Gasteiger partial charge < -0.3 is 9.26 Å². The molecular formula is C15H11Cl2O3PS. The molecule has 0 amide bonds. The Hall–Kier alpha value is -1.06. The van der Waals surface area contributed by atoms with Crippen molar-refractivity contribution in [3.63, 3.8) is 0 Å². The normalized spacial score (nSPS) is 13.5. The molecule has 114 valence electrons. The van der Waals surface area contributed by atoms with Crippen molar-refractivity contribution in [1.29, 1.82) is 0 Å². The highest BCUT2D eigenvalue weighted by Crippen LogP contribution is 2.61. The molecule has 2 aromatic rings. The van der Waals surface area contributed by atoms with E-state index in [4.69, 9.17) is 31.7 Å². The summed E-state index contributed by atoms with van der Waals surface area (Å²) in [6.07, 6.45) is -1.94. The lowest BCUT2D eigenvalue weighted by atomic mass is 10.1. The first-order valence-corrected chi connectivity index (χ1v) is 10.6. The average molecular weight is 373 g/mol. The molecule has 3 rings (SSSR count). The third kappa shape index (κ3) is 3.31. The van der Waals surface area contributed by atoms with Gasteiger partial charge in [-0.2, -0.15) is 0 Å². The first-order valence-electron chi connectivity index (χ1n) is 6.33. The van der Waals surface area contributed by atoms with E-state index in [0.717, 1.165) is 20.9 Å². The van der Waals surface area contributed by atoms with E-state index in [0.29, 0.717) is 11.5 Å². The number of benzene rings is 2. The van der Waals surface area contributed by atoms with E-state index in [1.54, 1.807) is 24.9 Å². The van der Waals surface area contributed by atoms with E-state index in [1.807, 2.05) is 42.5 Å². The third-order valence-corrected chi connectivity index (χ3v) is 5.13. The Morgan fingerprint density at radius 2 is 1.86 bits per heavy atom. The summed E-state index contributed by atoms with van der Waals surface area (Å²) in [5.74, 6) is 1.06. The summed E-state index contributed by atoms with van der Waals surface area (Å²) in [5, 5.41) is 0. The smallest absolute Gasteiger partial charge is 0.428 e. The molecule has 0 saturated heterocycles. The zero-order valence-electron chi connectivity index (χ0n) is 11.5. The molecule has 7 heteroatoms. The number of fused-ring (bicyclic) bond motifs is 2. The summed E-state index contributed by atoms with van der Waals surface area (Å²) < 4.78 is 22.4. The Bertz CT molecular complexity index is 801. The Kier molecular flexibility index (Phi) is 4.47. The Morgan fingerprint density at radius 1 is 1.09 bits per heavy atom. The molecule has 22 heavy (non-hydrogen) atoms. The highest BCUT2D eigenvalue weighted by atomic mass is 35.9. The summed E-state index contributed by atoms with van der Waals surface area (Å²) in [4.78, 5) is 1.90. The quantitative estimate of drug-likeness (QED) is 0.595. The van der Waals surface area contributed by atoms with Crippen LogP contribution in [0.4, 0.5) is 0 Å². The van der Waals surface area contributed by atoms with Crippen molar-refractivity contribution in [2.24, 2.45) is 0 Å². The molecule has 0 N–H and O–H groups in total. The highest BCUT2D eigenvalue weighted by Gasteiger charge is 2.25. The van der Waals surface area contributed by atoms with Gasteiger partial charge in [0.1, 0.15) is 11.5 Å². The van der Waals surface area contributed by atoms with Crippen molar-refractivity contribution in [2.75, 3.05) is 7.11 Å². The van der Waals surface area contributed by atoms with Crippen LogP contribution in [-0.4, -0.2) is 7.11 Å². The second-order valence-electron chi connectivity index (χ2n) is 4.49. The second-order valence-corrected chi connectivity index (χ2v) is 9.74. The predicted octanol–water partition coefficient (Wildman–Crippen LogP) is 6.26. The van der Waals surface area contributed by atoms with E-state index < -0.39 is 6.07 Å². The lowest BCUT2D eigenvalue weighted by molar-refractivity contribution is 0.403. The van der Waals surface area contributed by atoms with Gasteiger partial charge in [-0.05, 0) is 29.8 Å². The standard InChI is InChI=1S/C15H11Cl2O3PS/c1-19-12-7-4-6-11-13(20-21(16,17)18)9-10-5-2-3-8-14(10)22-15(11)12/h2-9H,1H3. The SMILES string of the molecule is COc1cccc2c1Sc1ccccc1C=C2OP(=O)(Cl)Cl. The maximum atomic E-state index is 11.7. The minimum Gasteiger partial charge on any atom is -0.496 e. The molecular weight excluding hydrogens is 362 g/mol. The molecule has 0 atom stereocenters. The number of hydrogen-bond acceptors (Lipinski definition) is 4. The van der Waals surface area contributed by atoms with Crippen molar-refractivity contribution < 1.29 is 13.8 Å². The van der Waals surface area contributed by atoms with Crippen LogP contribution in [0.1, 0.15) is 11.1 Å². The maximum absolute atomic E-state index is 11.7. The third-order valence-electron chi connectivity index (χ3n) is 3.09. The molecule has 0 spiro atoms. The van der Waals surface area contributed by atoms with Crippen molar-refractivity contribution in [3.8, 4) is 5.75 Å². The number of ether oxygens (including phenoxy) is 1. The highest BCUT2D eigenvalue weighted by molar-refractivity contribution is 8.05. The number of hydrogen-bond donors (Lipinski definition) is 0. The van der Waals surface area contributed by atoms with Crippen LogP contribution >= 0.6 is 40.3 Å². The zero-order chi connectivity index (χ0) is 15.7. The summed E-state index contributed by atoms with van der Waals surface area (Å²) in [7, 11) is 1.60. The van der Waals surface area contributed by atoms with Gasteiger partial charge in [-0.1, -0.05) is 36.0 Å². The van der Waals surface area contributed by atoms with Crippen LogP contribution < -0.4 is 4.74 Å². The van der Waals surface area contributed by atoms with Crippen LogP contribution in [0.25, 0.3) is 11.8 Å². The van der Waals surface area contributed by atoms with Gasteiger partial charge in [0, 0.05) is 32.9 Å². The maximum Gasteiger partial charge on any atom is 0.428 e. The number of methoxy groups -OCH3 is 1. The van der Waals surface area contributed by atoms with E-state index >= 15 is 0 Å². The molecule has 0 bridgehead atoms. The average Bonchev–Trinajstić information content (AvgIpc) is 2.62. The van der Waals surface area contributed by atoms with E-state index in [2.05, 4.69) is 0 Å². The molecule has 0 aromatic heterocycles. The van der Waals surface area contributed by atoms with E-state index in [9.17, 15) is 4.57 Å². The largest absolute Gasteiger partial charge is 0.496 e. The van der Waals surface area contributed by atoms with Crippen molar-refractivity contribution in [1.82, 2.24) is 0 Å². The van der Waals surface area contributed by atoms with Crippen LogP contribution in [0.2, 0.25) is 0 Å². The second kappa shape index (κ2) is 6.21. The van der Waals surface area contributed by atoms with Crippen LogP contribution in [0, 0.1) is 0 Å². The fraction of sp³-hybridized carbons (Fsp3) is 0.0667. The molecule has 1 aliphatic rings. The first-order chi connectivity index (χ1) is 10.5. The van der Waals surface area contributed by atoms with Crippen molar-refractivity contribution in [3.05, 3.63) is 53.6 Å². The fourth-order valence-corrected chi connectivity index (χ4v) is 4.16. The molecule has 1 aliphatic heterocycles. The molecule has 0 radical (unpaired) electrons. The van der Waals surface area contributed by atoms with Crippen LogP contribution in [0.15, 0.2) is 52.3 Å². The monoisotopic (exact) mass is 372 g/mol. The molecule has 1 heterocycles. The van der Waals surface area contributed by atoms with Crippen molar-refractivity contribution in [2.45, 2.75) is 9.79 Å². The van der Waals surface area contributed by atoms with Gasteiger partial charge in [0.05, 0.1) is 12.0 Å². The molecule has 0 unspecified atom stereocenters. The Balaban J connectivity index is 2.23. The summed E-state index contributed by atoms with van der Waals surface area (Å²) in [5.41, 5.74) is 1.67. The van der Waals surface area contributed by atoms with E-state index in [1.165, 1.54) is 0 Å². The number of rotatable bonds is 3. The summed E-state index contributed by atoms with van der Waals surface area (Å²) in [6.45, 7) is 0.